The average Bonchev–Trinajstić information content (AvgIpc) is 2.39. The predicted octanol–water partition coefficient (Wildman–Crippen LogP) is 2.56. The Morgan fingerprint density at radius 1 is 1.24 bits per heavy atom. The molecule has 4 nitrogen and oxygen atoms in total. The van der Waals surface area contributed by atoms with Gasteiger partial charge in [0.15, 0.2) is 0 Å². The second kappa shape index (κ2) is 5.19. The quantitative estimate of drug-likeness (QED) is 0.545. The van der Waals surface area contributed by atoms with E-state index in [-0.39, 0.29) is 11.3 Å². The Kier molecular flexibility index (Phi) is 3.64. The number of nitrogens with one attached hydrogen (secondary N) is 1. The van der Waals surface area contributed by atoms with E-state index in [1.807, 2.05) is 6.07 Å². The van der Waals surface area contributed by atoms with Crippen molar-refractivity contribution in [3.8, 4) is 5.75 Å². The summed E-state index contributed by atoms with van der Waals surface area (Å²) in [6.45, 7) is 0. The Hall–Kier alpha value is -1.55. The van der Waals surface area contributed by atoms with E-state index in [1.54, 1.807) is 12.1 Å². The van der Waals surface area contributed by atoms with Crippen LogP contribution in [-0.2, 0) is 0 Å². The zero-order chi connectivity index (χ0) is 12.3. The Balaban J connectivity index is 2.20. The number of benzene rings is 1. The number of phenols is 1. The molecule has 0 saturated heterocycles. The highest BCUT2D eigenvalue weighted by molar-refractivity contribution is 5.96. The van der Waals surface area contributed by atoms with Gasteiger partial charge in [-0.1, -0.05) is 25.3 Å². The summed E-state index contributed by atoms with van der Waals surface area (Å²) in [5.74, 6) is -0.266. The maximum absolute atomic E-state index is 11.2. The van der Waals surface area contributed by atoms with Crippen molar-refractivity contribution in [1.29, 1.82) is 0 Å². The standard InChI is InChI=1S/C13H17NO3/c15-12-8-10(9-4-2-1-3-5-9)6-7-11(12)13(16)14-17/h6-9,15,17H,1-5H2,(H,14,16). The predicted molar refractivity (Wildman–Crippen MR) is 63.2 cm³/mol. The van der Waals surface area contributed by atoms with E-state index < -0.39 is 5.91 Å². The zero-order valence-electron chi connectivity index (χ0n) is 9.65. The first-order valence-corrected chi connectivity index (χ1v) is 5.99. The smallest absolute Gasteiger partial charge is 0.278 e. The van der Waals surface area contributed by atoms with Crippen LogP contribution in [0.5, 0.6) is 5.75 Å². The fourth-order valence-electron chi connectivity index (χ4n) is 2.49. The molecule has 0 spiro atoms. The molecule has 1 aliphatic rings. The zero-order valence-corrected chi connectivity index (χ0v) is 9.65. The molecular formula is C13H17NO3. The van der Waals surface area contributed by atoms with Crippen molar-refractivity contribution in [2.45, 2.75) is 38.0 Å². The summed E-state index contributed by atoms with van der Waals surface area (Å²) in [6, 6.07) is 5.06. The number of amides is 1. The van der Waals surface area contributed by atoms with Crippen LogP contribution in [0.3, 0.4) is 0 Å². The van der Waals surface area contributed by atoms with E-state index in [1.165, 1.54) is 24.7 Å². The van der Waals surface area contributed by atoms with Crippen LogP contribution in [0.2, 0.25) is 0 Å². The van der Waals surface area contributed by atoms with E-state index in [0.29, 0.717) is 5.92 Å². The molecule has 1 aromatic rings. The molecule has 1 aliphatic carbocycles. The third-order valence-electron chi connectivity index (χ3n) is 3.44. The van der Waals surface area contributed by atoms with Crippen LogP contribution >= 0.6 is 0 Å². The molecule has 1 fully saturated rings. The molecule has 3 N–H and O–H groups in total. The number of phenolic OH excluding ortho intramolecular Hbond substituents is 1. The van der Waals surface area contributed by atoms with E-state index in [4.69, 9.17) is 5.21 Å². The minimum absolute atomic E-state index is 0.0698. The summed E-state index contributed by atoms with van der Waals surface area (Å²) in [4.78, 5) is 11.2. The first-order valence-electron chi connectivity index (χ1n) is 5.99. The molecule has 0 heterocycles. The van der Waals surface area contributed by atoms with Crippen LogP contribution in [0.25, 0.3) is 0 Å². The first-order chi connectivity index (χ1) is 8.22. The molecular weight excluding hydrogens is 218 g/mol. The second-order valence-electron chi connectivity index (χ2n) is 4.55. The van der Waals surface area contributed by atoms with Crippen LogP contribution in [0.1, 0.15) is 53.9 Å². The third kappa shape index (κ3) is 2.58. The average molecular weight is 235 g/mol. The Labute approximate surface area is 100 Å². The van der Waals surface area contributed by atoms with Crippen LogP contribution in [0, 0.1) is 0 Å². The number of hydrogen-bond acceptors (Lipinski definition) is 3. The Morgan fingerprint density at radius 2 is 1.94 bits per heavy atom. The summed E-state index contributed by atoms with van der Waals surface area (Å²) < 4.78 is 0. The lowest BCUT2D eigenvalue weighted by molar-refractivity contribution is 0.0703. The molecule has 0 aromatic heterocycles. The van der Waals surface area contributed by atoms with Gasteiger partial charge in [-0.05, 0) is 36.5 Å². The van der Waals surface area contributed by atoms with Crippen molar-refractivity contribution >= 4 is 5.91 Å². The number of aromatic hydroxyl groups is 1. The molecule has 4 heteroatoms. The normalized spacial score (nSPS) is 16.8. The monoisotopic (exact) mass is 235 g/mol. The lowest BCUT2D eigenvalue weighted by Crippen LogP contribution is -2.18. The van der Waals surface area contributed by atoms with E-state index in [0.717, 1.165) is 18.4 Å². The molecule has 92 valence electrons. The summed E-state index contributed by atoms with van der Waals surface area (Å²) in [6.07, 6.45) is 6.03. The topological polar surface area (TPSA) is 69.6 Å². The molecule has 2 rings (SSSR count). The number of carbonyl (C=O) groups is 1. The first kappa shape index (κ1) is 11.9. The van der Waals surface area contributed by atoms with Crippen LogP contribution in [-0.4, -0.2) is 16.2 Å². The lowest BCUT2D eigenvalue weighted by atomic mass is 9.84. The molecule has 0 atom stereocenters. The van der Waals surface area contributed by atoms with Crippen molar-refractivity contribution in [2.24, 2.45) is 0 Å². The van der Waals surface area contributed by atoms with Gasteiger partial charge in [0.2, 0.25) is 0 Å². The third-order valence-corrected chi connectivity index (χ3v) is 3.44. The molecule has 1 saturated carbocycles. The molecule has 0 aliphatic heterocycles. The lowest BCUT2D eigenvalue weighted by Gasteiger charge is -2.22. The summed E-state index contributed by atoms with van der Waals surface area (Å²) >= 11 is 0. The van der Waals surface area contributed by atoms with E-state index in [9.17, 15) is 9.90 Å². The van der Waals surface area contributed by atoms with Crippen molar-refractivity contribution in [3.05, 3.63) is 29.3 Å². The molecule has 0 unspecified atom stereocenters. The van der Waals surface area contributed by atoms with E-state index >= 15 is 0 Å². The van der Waals surface area contributed by atoms with Gasteiger partial charge in [0.05, 0.1) is 5.56 Å². The van der Waals surface area contributed by atoms with Crippen LogP contribution in [0.15, 0.2) is 18.2 Å². The van der Waals surface area contributed by atoms with E-state index in [2.05, 4.69) is 0 Å². The van der Waals surface area contributed by atoms with Gasteiger partial charge in [-0.15, -0.1) is 0 Å². The summed E-state index contributed by atoms with van der Waals surface area (Å²) in [5.41, 5.74) is 2.71. The highest BCUT2D eigenvalue weighted by atomic mass is 16.5. The highest BCUT2D eigenvalue weighted by Gasteiger charge is 2.18. The second-order valence-corrected chi connectivity index (χ2v) is 4.55. The van der Waals surface area contributed by atoms with Gasteiger partial charge >= 0.3 is 0 Å². The van der Waals surface area contributed by atoms with Gasteiger partial charge in [-0.3, -0.25) is 10.0 Å². The summed E-state index contributed by atoms with van der Waals surface area (Å²) in [5, 5.41) is 18.3. The molecule has 0 bridgehead atoms. The van der Waals surface area contributed by atoms with Gasteiger partial charge < -0.3 is 5.11 Å². The minimum atomic E-state index is -0.683. The highest BCUT2D eigenvalue weighted by Crippen LogP contribution is 2.34. The number of rotatable bonds is 2. The van der Waals surface area contributed by atoms with Gasteiger partial charge in [-0.25, -0.2) is 5.48 Å². The maximum Gasteiger partial charge on any atom is 0.278 e. The fraction of sp³-hybridized carbons (Fsp3) is 0.462. The van der Waals surface area contributed by atoms with Crippen molar-refractivity contribution in [1.82, 2.24) is 5.48 Å². The fourth-order valence-corrected chi connectivity index (χ4v) is 2.49. The van der Waals surface area contributed by atoms with Gasteiger partial charge in [0.25, 0.3) is 5.91 Å². The molecule has 1 aromatic carbocycles. The van der Waals surface area contributed by atoms with Crippen molar-refractivity contribution in [3.63, 3.8) is 0 Å². The molecule has 0 radical (unpaired) electrons. The van der Waals surface area contributed by atoms with Crippen molar-refractivity contribution in [2.75, 3.05) is 0 Å². The Bertz CT molecular complexity index is 411. The largest absolute Gasteiger partial charge is 0.507 e. The van der Waals surface area contributed by atoms with Gasteiger partial charge in [-0.2, -0.15) is 0 Å². The Morgan fingerprint density at radius 3 is 2.53 bits per heavy atom. The number of hydrogen-bond donors (Lipinski definition) is 3. The van der Waals surface area contributed by atoms with Gasteiger partial charge in [0.1, 0.15) is 5.75 Å². The van der Waals surface area contributed by atoms with Gasteiger partial charge in [0, 0.05) is 0 Å². The number of carbonyl (C=O) groups excluding carboxylic acids is 1. The summed E-state index contributed by atoms with van der Waals surface area (Å²) in [7, 11) is 0. The van der Waals surface area contributed by atoms with Crippen LogP contribution in [0.4, 0.5) is 0 Å². The maximum atomic E-state index is 11.2. The number of hydroxylamine groups is 1. The molecule has 17 heavy (non-hydrogen) atoms. The minimum Gasteiger partial charge on any atom is -0.507 e. The van der Waals surface area contributed by atoms with Crippen LogP contribution < -0.4 is 5.48 Å². The van der Waals surface area contributed by atoms with Crippen molar-refractivity contribution < 1.29 is 15.1 Å². The SMILES string of the molecule is O=C(NO)c1ccc(C2CCCCC2)cc1O. The molecule has 1 amide bonds.